The van der Waals surface area contributed by atoms with Gasteiger partial charge in [-0.15, -0.1) is 0 Å². The zero-order chi connectivity index (χ0) is 23.2. The molecule has 1 aliphatic heterocycles. The lowest BCUT2D eigenvalue weighted by atomic mass is 10.0. The van der Waals surface area contributed by atoms with Crippen molar-refractivity contribution in [1.82, 2.24) is 10.9 Å². The summed E-state index contributed by atoms with van der Waals surface area (Å²) in [6, 6.07) is 19.3. The number of nitrogens with one attached hydrogen (secondary N) is 2. The molecule has 3 amide bonds. The highest BCUT2D eigenvalue weighted by Crippen LogP contribution is 2.33. The normalized spacial score (nSPS) is 12.7. The number of hydrogen-bond acceptors (Lipinski definition) is 4. The van der Waals surface area contributed by atoms with Gasteiger partial charge in [-0.25, -0.2) is 0 Å². The van der Waals surface area contributed by atoms with E-state index in [1.54, 1.807) is 11.0 Å². The summed E-state index contributed by atoms with van der Waals surface area (Å²) in [6.45, 7) is 0.386. The van der Waals surface area contributed by atoms with E-state index in [4.69, 9.17) is 4.74 Å². The maximum Gasteiger partial charge on any atom is 0.276 e. The molecule has 0 aliphatic carbocycles. The first-order valence-electron chi connectivity index (χ1n) is 10.8. The van der Waals surface area contributed by atoms with Gasteiger partial charge in [0.25, 0.3) is 5.91 Å². The summed E-state index contributed by atoms with van der Waals surface area (Å²) >= 11 is 3.51. The number of hydrogen-bond donors (Lipinski definition) is 2. The molecule has 33 heavy (non-hydrogen) atoms. The summed E-state index contributed by atoms with van der Waals surface area (Å²) in [7, 11) is 0. The van der Waals surface area contributed by atoms with E-state index in [9.17, 15) is 14.4 Å². The Kier molecular flexibility index (Phi) is 7.24. The number of ether oxygens (including phenoxy) is 1. The molecule has 0 saturated heterocycles. The number of carbonyl (C=O) groups excluding carboxylic acids is 3. The highest BCUT2D eigenvalue weighted by atomic mass is 79.9. The maximum atomic E-state index is 12.6. The zero-order valence-electron chi connectivity index (χ0n) is 18.0. The minimum atomic E-state index is -0.500. The molecule has 0 spiro atoms. The van der Waals surface area contributed by atoms with Crippen molar-refractivity contribution in [2.45, 2.75) is 25.7 Å². The Morgan fingerprint density at radius 2 is 1.67 bits per heavy atom. The van der Waals surface area contributed by atoms with E-state index >= 15 is 0 Å². The van der Waals surface area contributed by atoms with Crippen LogP contribution in [0, 0.1) is 0 Å². The summed E-state index contributed by atoms with van der Waals surface area (Å²) < 4.78 is 6.34. The Morgan fingerprint density at radius 1 is 0.909 bits per heavy atom. The number of aryl methyl sites for hydroxylation is 1. The number of benzene rings is 3. The van der Waals surface area contributed by atoms with Crippen LogP contribution in [-0.2, 0) is 20.8 Å². The van der Waals surface area contributed by atoms with Gasteiger partial charge in [-0.2, -0.15) is 0 Å². The summed E-state index contributed by atoms with van der Waals surface area (Å²) in [6.07, 6.45) is 1.90. The monoisotopic (exact) mass is 509 g/mol. The van der Waals surface area contributed by atoms with Gasteiger partial charge in [-0.05, 0) is 57.2 Å². The highest BCUT2D eigenvalue weighted by Gasteiger charge is 2.22. The van der Waals surface area contributed by atoms with Gasteiger partial charge in [-0.3, -0.25) is 25.2 Å². The molecule has 0 atom stereocenters. The van der Waals surface area contributed by atoms with Crippen LogP contribution in [0.2, 0.25) is 0 Å². The van der Waals surface area contributed by atoms with Crippen LogP contribution in [-0.4, -0.2) is 30.9 Å². The van der Waals surface area contributed by atoms with Crippen LogP contribution in [0.25, 0.3) is 10.8 Å². The van der Waals surface area contributed by atoms with E-state index in [0.717, 1.165) is 39.3 Å². The van der Waals surface area contributed by atoms with Gasteiger partial charge in [0.05, 0.1) is 4.47 Å². The molecule has 3 aromatic carbocycles. The molecule has 4 rings (SSSR count). The van der Waals surface area contributed by atoms with E-state index in [-0.39, 0.29) is 25.4 Å². The van der Waals surface area contributed by atoms with E-state index in [1.807, 2.05) is 54.6 Å². The standard InChI is InChI=1S/C25H24BrN3O4/c26-25-19-9-3-1-6-17(19)11-12-21(25)33-16-23(31)28-27-22(30)13-14-24(32)29-15-5-8-18-7-2-4-10-20(18)29/h1-4,6-7,9-12H,5,8,13-16H2,(H,27,30)(H,28,31). The molecule has 0 fully saturated rings. The number of carbonyl (C=O) groups is 3. The van der Waals surface area contributed by atoms with Crippen molar-refractivity contribution in [1.29, 1.82) is 0 Å². The number of fused-ring (bicyclic) bond motifs is 2. The molecule has 0 saturated carbocycles. The van der Waals surface area contributed by atoms with Crippen molar-refractivity contribution in [2.24, 2.45) is 0 Å². The van der Waals surface area contributed by atoms with Crippen LogP contribution in [0.3, 0.4) is 0 Å². The van der Waals surface area contributed by atoms with Crippen molar-refractivity contribution >= 4 is 50.1 Å². The predicted octanol–water partition coefficient (Wildman–Crippen LogP) is 3.89. The van der Waals surface area contributed by atoms with E-state index < -0.39 is 11.8 Å². The lowest BCUT2D eigenvalue weighted by Gasteiger charge is -2.29. The molecule has 0 radical (unpaired) electrons. The van der Waals surface area contributed by atoms with Crippen LogP contribution < -0.4 is 20.5 Å². The molecule has 0 aromatic heterocycles. The van der Waals surface area contributed by atoms with Crippen LogP contribution >= 0.6 is 15.9 Å². The molecule has 8 heteroatoms. The summed E-state index contributed by atoms with van der Waals surface area (Å²) in [5, 5.41) is 2.03. The molecule has 0 bridgehead atoms. The Morgan fingerprint density at radius 3 is 2.55 bits per heavy atom. The lowest BCUT2D eigenvalue weighted by Crippen LogP contribution is -2.44. The molecule has 1 aliphatic rings. The Hall–Kier alpha value is -3.39. The number of halogens is 1. The van der Waals surface area contributed by atoms with Crippen LogP contribution in [0.1, 0.15) is 24.8 Å². The Balaban J connectivity index is 1.21. The number of nitrogens with zero attached hydrogens (tertiary/aromatic N) is 1. The number of rotatable bonds is 6. The molecule has 7 nitrogen and oxygen atoms in total. The van der Waals surface area contributed by atoms with Gasteiger partial charge < -0.3 is 9.64 Å². The van der Waals surface area contributed by atoms with Crippen molar-refractivity contribution in [2.75, 3.05) is 18.1 Å². The van der Waals surface area contributed by atoms with Crippen molar-refractivity contribution in [3.8, 4) is 5.75 Å². The molecular formula is C25H24BrN3O4. The van der Waals surface area contributed by atoms with Crippen LogP contribution in [0.5, 0.6) is 5.75 Å². The third-order valence-electron chi connectivity index (χ3n) is 5.51. The van der Waals surface area contributed by atoms with Gasteiger partial charge in [0.2, 0.25) is 11.8 Å². The minimum Gasteiger partial charge on any atom is -0.483 e. The fourth-order valence-electron chi connectivity index (χ4n) is 3.85. The lowest BCUT2D eigenvalue weighted by molar-refractivity contribution is -0.130. The Labute approximate surface area is 200 Å². The fourth-order valence-corrected chi connectivity index (χ4v) is 4.46. The van der Waals surface area contributed by atoms with Crippen molar-refractivity contribution in [3.05, 3.63) is 70.7 Å². The van der Waals surface area contributed by atoms with Crippen molar-refractivity contribution < 1.29 is 19.1 Å². The molecule has 3 aromatic rings. The quantitative estimate of drug-likeness (QED) is 0.493. The zero-order valence-corrected chi connectivity index (χ0v) is 19.6. The maximum absolute atomic E-state index is 12.6. The number of amides is 3. The SMILES string of the molecule is O=C(CCC(=O)N1CCCc2ccccc21)NNC(=O)COc1ccc2ccccc2c1Br. The molecule has 170 valence electrons. The van der Waals surface area contributed by atoms with E-state index in [2.05, 4.69) is 26.8 Å². The second-order valence-corrected chi connectivity index (χ2v) is 8.55. The van der Waals surface area contributed by atoms with Crippen LogP contribution in [0.15, 0.2) is 65.1 Å². The van der Waals surface area contributed by atoms with Gasteiger partial charge in [0, 0.05) is 25.1 Å². The summed E-state index contributed by atoms with van der Waals surface area (Å²) in [5.74, 6) is -0.510. The summed E-state index contributed by atoms with van der Waals surface area (Å²) in [5.41, 5.74) is 6.73. The second kappa shape index (κ2) is 10.5. The third kappa shape index (κ3) is 5.51. The topological polar surface area (TPSA) is 87.7 Å². The first-order chi connectivity index (χ1) is 16.0. The van der Waals surface area contributed by atoms with Gasteiger partial charge in [-0.1, -0.05) is 48.5 Å². The third-order valence-corrected chi connectivity index (χ3v) is 6.32. The van der Waals surface area contributed by atoms with Gasteiger partial charge in [0.15, 0.2) is 6.61 Å². The molecule has 2 N–H and O–H groups in total. The van der Waals surface area contributed by atoms with E-state index in [1.165, 1.54) is 0 Å². The van der Waals surface area contributed by atoms with Crippen molar-refractivity contribution in [3.63, 3.8) is 0 Å². The highest BCUT2D eigenvalue weighted by molar-refractivity contribution is 9.10. The fraction of sp³-hybridized carbons (Fsp3) is 0.240. The summed E-state index contributed by atoms with van der Waals surface area (Å²) in [4.78, 5) is 38.5. The first kappa shape index (κ1) is 22.8. The number of anilines is 1. The smallest absolute Gasteiger partial charge is 0.276 e. The Bertz CT molecular complexity index is 1200. The number of hydrazine groups is 1. The predicted molar refractivity (Wildman–Crippen MR) is 130 cm³/mol. The van der Waals surface area contributed by atoms with Gasteiger partial charge >= 0.3 is 0 Å². The average molecular weight is 510 g/mol. The van der Waals surface area contributed by atoms with E-state index in [0.29, 0.717) is 12.3 Å². The van der Waals surface area contributed by atoms with Crippen LogP contribution in [0.4, 0.5) is 5.69 Å². The molecule has 1 heterocycles. The van der Waals surface area contributed by atoms with Gasteiger partial charge in [0.1, 0.15) is 5.75 Å². The average Bonchev–Trinajstić information content (AvgIpc) is 2.85. The number of para-hydroxylation sites is 1. The molecule has 0 unspecified atom stereocenters. The second-order valence-electron chi connectivity index (χ2n) is 7.76. The molecular weight excluding hydrogens is 486 g/mol. The first-order valence-corrected chi connectivity index (χ1v) is 11.6. The largest absolute Gasteiger partial charge is 0.483 e. The minimum absolute atomic E-state index is 0.0190.